The SMILES string of the molecule is Cc1nc(Cl)c(C)c(Oc2ccc(Br)cc2)n1. The van der Waals surface area contributed by atoms with Crippen LogP contribution in [0.25, 0.3) is 0 Å². The van der Waals surface area contributed by atoms with E-state index in [2.05, 4.69) is 25.9 Å². The standard InChI is InChI=1S/C12H10BrClN2O/c1-7-11(14)15-8(2)16-12(7)17-10-5-3-9(13)4-6-10/h3-6H,1-2H3. The Morgan fingerprint density at radius 2 is 1.76 bits per heavy atom. The van der Waals surface area contributed by atoms with Crippen LogP contribution in [0.5, 0.6) is 11.6 Å². The van der Waals surface area contributed by atoms with Gasteiger partial charge in [-0.05, 0) is 38.1 Å². The van der Waals surface area contributed by atoms with Crippen LogP contribution in [0.1, 0.15) is 11.4 Å². The Labute approximate surface area is 113 Å². The van der Waals surface area contributed by atoms with Crippen molar-refractivity contribution in [3.05, 3.63) is 45.3 Å². The normalized spacial score (nSPS) is 10.4. The summed E-state index contributed by atoms with van der Waals surface area (Å²) in [6, 6.07) is 7.52. The van der Waals surface area contributed by atoms with Gasteiger partial charge in [0.2, 0.25) is 5.88 Å². The van der Waals surface area contributed by atoms with E-state index in [-0.39, 0.29) is 0 Å². The van der Waals surface area contributed by atoms with Crippen LogP contribution in [0.4, 0.5) is 0 Å². The molecule has 17 heavy (non-hydrogen) atoms. The van der Waals surface area contributed by atoms with Crippen molar-refractivity contribution in [2.24, 2.45) is 0 Å². The number of aromatic nitrogens is 2. The van der Waals surface area contributed by atoms with Gasteiger partial charge in [-0.2, -0.15) is 4.98 Å². The van der Waals surface area contributed by atoms with Crippen molar-refractivity contribution in [1.82, 2.24) is 9.97 Å². The molecule has 3 nitrogen and oxygen atoms in total. The molecule has 1 heterocycles. The molecule has 0 amide bonds. The van der Waals surface area contributed by atoms with Gasteiger partial charge in [-0.15, -0.1) is 0 Å². The quantitative estimate of drug-likeness (QED) is 0.775. The summed E-state index contributed by atoms with van der Waals surface area (Å²) in [5, 5.41) is 0.421. The van der Waals surface area contributed by atoms with E-state index in [1.807, 2.05) is 31.2 Å². The predicted molar refractivity (Wildman–Crippen MR) is 70.7 cm³/mol. The zero-order chi connectivity index (χ0) is 12.4. The second kappa shape index (κ2) is 5.02. The van der Waals surface area contributed by atoms with Crippen LogP contribution in [0.3, 0.4) is 0 Å². The maximum absolute atomic E-state index is 5.97. The van der Waals surface area contributed by atoms with Crippen molar-refractivity contribution >= 4 is 27.5 Å². The molecule has 0 saturated carbocycles. The molecule has 0 atom stereocenters. The first-order valence-corrected chi connectivity index (χ1v) is 6.17. The first kappa shape index (κ1) is 12.3. The Morgan fingerprint density at radius 1 is 1.12 bits per heavy atom. The maximum atomic E-state index is 5.97. The molecule has 1 aromatic heterocycles. The van der Waals surface area contributed by atoms with E-state index in [1.165, 1.54) is 0 Å². The molecule has 2 rings (SSSR count). The van der Waals surface area contributed by atoms with E-state index >= 15 is 0 Å². The summed E-state index contributed by atoms with van der Waals surface area (Å²) >= 11 is 9.34. The molecule has 0 aliphatic heterocycles. The number of hydrogen-bond donors (Lipinski definition) is 0. The Hall–Kier alpha value is -1.13. The highest BCUT2D eigenvalue weighted by molar-refractivity contribution is 9.10. The number of benzene rings is 1. The minimum atomic E-state index is 0.421. The number of aryl methyl sites for hydroxylation is 1. The largest absolute Gasteiger partial charge is 0.439 e. The number of ether oxygens (including phenoxy) is 1. The van der Waals surface area contributed by atoms with Gasteiger partial charge in [-0.3, -0.25) is 0 Å². The number of rotatable bonds is 2. The molecule has 0 bridgehead atoms. The Morgan fingerprint density at radius 3 is 2.41 bits per heavy atom. The van der Waals surface area contributed by atoms with Gasteiger partial charge in [-0.25, -0.2) is 4.98 Å². The topological polar surface area (TPSA) is 35.0 Å². The minimum absolute atomic E-state index is 0.421. The van der Waals surface area contributed by atoms with Crippen LogP contribution in [0.2, 0.25) is 5.15 Å². The lowest BCUT2D eigenvalue weighted by Crippen LogP contribution is -1.97. The van der Waals surface area contributed by atoms with Gasteiger partial charge in [-0.1, -0.05) is 27.5 Å². The third-order valence-corrected chi connectivity index (χ3v) is 3.08. The zero-order valence-corrected chi connectivity index (χ0v) is 11.7. The highest BCUT2D eigenvalue weighted by Gasteiger charge is 2.09. The molecule has 0 fully saturated rings. The van der Waals surface area contributed by atoms with Crippen molar-refractivity contribution in [1.29, 1.82) is 0 Å². The van der Waals surface area contributed by atoms with Gasteiger partial charge in [0, 0.05) is 10.0 Å². The lowest BCUT2D eigenvalue weighted by atomic mass is 10.3. The lowest BCUT2D eigenvalue weighted by Gasteiger charge is -2.09. The average Bonchev–Trinajstić information content (AvgIpc) is 2.28. The van der Waals surface area contributed by atoms with Gasteiger partial charge in [0.05, 0.1) is 0 Å². The lowest BCUT2D eigenvalue weighted by molar-refractivity contribution is 0.455. The van der Waals surface area contributed by atoms with Gasteiger partial charge in [0.15, 0.2) is 0 Å². The number of nitrogens with zero attached hydrogens (tertiary/aromatic N) is 2. The van der Waals surface area contributed by atoms with Gasteiger partial charge in [0.1, 0.15) is 16.7 Å². The molecule has 0 aliphatic carbocycles. The van der Waals surface area contributed by atoms with E-state index in [9.17, 15) is 0 Å². The fourth-order valence-corrected chi connectivity index (χ4v) is 1.75. The van der Waals surface area contributed by atoms with Crippen molar-refractivity contribution < 1.29 is 4.74 Å². The van der Waals surface area contributed by atoms with Gasteiger partial charge in [0.25, 0.3) is 0 Å². The minimum Gasteiger partial charge on any atom is -0.439 e. The van der Waals surface area contributed by atoms with E-state index in [0.717, 1.165) is 10.0 Å². The maximum Gasteiger partial charge on any atom is 0.226 e. The van der Waals surface area contributed by atoms with E-state index in [0.29, 0.717) is 22.6 Å². The predicted octanol–water partition coefficient (Wildman–Crippen LogP) is 4.30. The second-order valence-corrected chi connectivity index (χ2v) is 4.82. The van der Waals surface area contributed by atoms with Crippen LogP contribution in [-0.2, 0) is 0 Å². The summed E-state index contributed by atoms with van der Waals surface area (Å²) in [5.74, 6) is 1.79. The van der Waals surface area contributed by atoms with Crippen LogP contribution in [0, 0.1) is 13.8 Å². The molecule has 1 aromatic carbocycles. The molecule has 0 saturated heterocycles. The number of hydrogen-bond acceptors (Lipinski definition) is 3. The van der Waals surface area contributed by atoms with Gasteiger partial charge >= 0.3 is 0 Å². The molecule has 0 spiro atoms. The van der Waals surface area contributed by atoms with Crippen LogP contribution in [-0.4, -0.2) is 9.97 Å². The van der Waals surface area contributed by atoms with E-state index in [1.54, 1.807) is 6.92 Å². The molecule has 0 N–H and O–H groups in total. The average molecular weight is 314 g/mol. The molecule has 0 unspecified atom stereocenters. The summed E-state index contributed by atoms with van der Waals surface area (Å²) in [7, 11) is 0. The summed E-state index contributed by atoms with van der Waals surface area (Å²) in [6.07, 6.45) is 0. The third-order valence-electron chi connectivity index (χ3n) is 2.18. The van der Waals surface area contributed by atoms with Crippen LogP contribution in [0.15, 0.2) is 28.7 Å². The van der Waals surface area contributed by atoms with Crippen molar-refractivity contribution in [3.8, 4) is 11.6 Å². The summed E-state index contributed by atoms with van der Waals surface area (Å²) in [4.78, 5) is 8.28. The summed E-state index contributed by atoms with van der Waals surface area (Å²) in [5.41, 5.74) is 0.736. The van der Waals surface area contributed by atoms with Crippen molar-refractivity contribution in [2.75, 3.05) is 0 Å². The highest BCUT2D eigenvalue weighted by Crippen LogP contribution is 2.27. The third kappa shape index (κ3) is 2.96. The highest BCUT2D eigenvalue weighted by atomic mass is 79.9. The Bertz CT molecular complexity index is 543. The first-order valence-electron chi connectivity index (χ1n) is 5.00. The molecule has 2 aromatic rings. The molecule has 0 radical (unpaired) electrons. The fraction of sp³-hybridized carbons (Fsp3) is 0.167. The van der Waals surface area contributed by atoms with Crippen LogP contribution < -0.4 is 4.74 Å². The summed E-state index contributed by atoms with van der Waals surface area (Å²) < 4.78 is 6.67. The van der Waals surface area contributed by atoms with E-state index in [4.69, 9.17) is 16.3 Å². The number of halogens is 2. The second-order valence-electron chi connectivity index (χ2n) is 3.55. The van der Waals surface area contributed by atoms with E-state index < -0.39 is 0 Å². The van der Waals surface area contributed by atoms with Crippen molar-refractivity contribution in [2.45, 2.75) is 13.8 Å². The monoisotopic (exact) mass is 312 g/mol. The molecular weight excluding hydrogens is 304 g/mol. The first-order chi connectivity index (χ1) is 8.06. The van der Waals surface area contributed by atoms with Crippen LogP contribution >= 0.6 is 27.5 Å². The molecule has 88 valence electrons. The molecule has 5 heteroatoms. The Kier molecular flexibility index (Phi) is 3.64. The Balaban J connectivity index is 2.32. The smallest absolute Gasteiger partial charge is 0.226 e. The fourth-order valence-electron chi connectivity index (χ4n) is 1.28. The molecular formula is C12H10BrClN2O. The summed E-state index contributed by atoms with van der Waals surface area (Å²) in [6.45, 7) is 3.61. The zero-order valence-electron chi connectivity index (χ0n) is 9.37. The van der Waals surface area contributed by atoms with Crippen molar-refractivity contribution in [3.63, 3.8) is 0 Å². The van der Waals surface area contributed by atoms with Gasteiger partial charge < -0.3 is 4.74 Å². The molecule has 0 aliphatic rings.